The number of hydrogen-bond acceptors (Lipinski definition) is 6. The van der Waals surface area contributed by atoms with Crippen LogP contribution in [0.25, 0.3) is 0 Å². The monoisotopic (exact) mass is 310 g/mol. The van der Waals surface area contributed by atoms with E-state index in [0.717, 1.165) is 11.8 Å². The first kappa shape index (κ1) is 17.9. The van der Waals surface area contributed by atoms with Crippen LogP contribution in [0.4, 0.5) is 0 Å². The maximum atomic E-state index is 10.7. The number of carbonyl (C=O) groups is 1. The van der Waals surface area contributed by atoms with Crippen molar-refractivity contribution in [3.8, 4) is 0 Å². The van der Waals surface area contributed by atoms with Crippen LogP contribution in [-0.4, -0.2) is 86.3 Å². The van der Waals surface area contributed by atoms with E-state index in [4.69, 9.17) is 9.84 Å². The van der Waals surface area contributed by atoms with Gasteiger partial charge in [0.2, 0.25) is 0 Å². The van der Waals surface area contributed by atoms with Crippen LogP contribution >= 0.6 is 11.8 Å². The Morgan fingerprint density at radius 3 is 2.30 bits per heavy atom. The Hall–Kier alpha value is -0.120. The fourth-order valence-corrected chi connectivity index (χ4v) is 2.70. The molecule has 1 aromatic carbocycles. The van der Waals surface area contributed by atoms with E-state index >= 15 is 0 Å². The third kappa shape index (κ3) is 4.19. The number of hydrogen-bond donors (Lipinski definition) is 4. The number of benzene rings is 1. The number of rotatable bonds is 3. The molecule has 1 aromatic rings. The third-order valence-electron chi connectivity index (χ3n) is 2.81. The van der Waals surface area contributed by atoms with Gasteiger partial charge in [0, 0.05) is 4.90 Å². The van der Waals surface area contributed by atoms with Crippen molar-refractivity contribution in [1.29, 1.82) is 0 Å². The molecule has 4 N–H and O–H groups in total. The average molecular weight is 310 g/mol. The summed E-state index contributed by atoms with van der Waals surface area (Å²) in [5.74, 6) is -1.01. The van der Waals surface area contributed by atoms with Crippen LogP contribution in [0, 0.1) is 0 Å². The standard InChI is InChI=1S/C12H14O6S.Na.H/c13-8-5-18-12(10(15)9(8)14)19-7-3-1-6(2-4-7)11(16)17;;/h1-4,8-10,12-15H,5H2,(H,16,17);;/t8-,9+,10-,12+;;/m1../s1. The Morgan fingerprint density at radius 2 is 1.75 bits per heavy atom. The minimum absolute atomic E-state index is 0. The molecule has 0 amide bonds. The summed E-state index contributed by atoms with van der Waals surface area (Å²) in [6.07, 6.45) is -3.54. The van der Waals surface area contributed by atoms with Crippen LogP contribution in [0.2, 0.25) is 0 Å². The summed E-state index contributed by atoms with van der Waals surface area (Å²) in [4.78, 5) is 11.4. The van der Waals surface area contributed by atoms with Gasteiger partial charge in [0.1, 0.15) is 23.7 Å². The molecule has 0 spiro atoms. The number of aliphatic hydroxyl groups excluding tert-OH is 3. The molecule has 4 atom stereocenters. The number of aromatic carboxylic acids is 1. The molecule has 1 fully saturated rings. The predicted octanol–water partition coefficient (Wildman–Crippen LogP) is -0.733. The Morgan fingerprint density at radius 1 is 1.15 bits per heavy atom. The molecule has 6 nitrogen and oxygen atoms in total. The van der Waals surface area contributed by atoms with E-state index in [0.29, 0.717) is 4.90 Å². The SMILES string of the molecule is O=C(O)c1ccc(S[C@@H]2OC[C@@H](O)[C@H](O)[C@H]2O)cc1.[NaH]. The van der Waals surface area contributed by atoms with Crippen molar-refractivity contribution in [3.63, 3.8) is 0 Å². The minimum atomic E-state index is -1.25. The summed E-state index contributed by atoms with van der Waals surface area (Å²) in [6, 6.07) is 6.10. The van der Waals surface area contributed by atoms with Crippen LogP contribution in [0.1, 0.15) is 10.4 Å². The molecular weight excluding hydrogens is 295 g/mol. The summed E-state index contributed by atoms with van der Waals surface area (Å²) in [5, 5.41) is 37.4. The number of ether oxygens (including phenoxy) is 1. The predicted molar refractivity (Wildman–Crippen MR) is 74.2 cm³/mol. The molecule has 1 saturated heterocycles. The van der Waals surface area contributed by atoms with E-state index in [9.17, 15) is 20.1 Å². The molecular formula is C12H15NaO6S. The van der Waals surface area contributed by atoms with Gasteiger partial charge in [-0.1, -0.05) is 11.8 Å². The van der Waals surface area contributed by atoms with E-state index in [1.165, 1.54) is 12.1 Å². The molecule has 0 aromatic heterocycles. The fraction of sp³-hybridized carbons (Fsp3) is 0.417. The van der Waals surface area contributed by atoms with Gasteiger partial charge in [0.05, 0.1) is 12.2 Å². The Labute approximate surface area is 142 Å². The van der Waals surface area contributed by atoms with E-state index in [2.05, 4.69) is 0 Å². The van der Waals surface area contributed by atoms with Gasteiger partial charge in [-0.2, -0.15) is 0 Å². The Bertz CT molecular complexity index is 454. The second-order valence-electron chi connectivity index (χ2n) is 4.20. The summed E-state index contributed by atoms with van der Waals surface area (Å²) in [5.41, 5.74) is -0.529. The van der Waals surface area contributed by atoms with Gasteiger partial charge in [-0.15, -0.1) is 0 Å². The van der Waals surface area contributed by atoms with Crippen molar-refractivity contribution in [3.05, 3.63) is 29.8 Å². The average Bonchev–Trinajstić information content (AvgIpc) is 2.40. The molecule has 1 aliphatic heterocycles. The van der Waals surface area contributed by atoms with Crippen molar-refractivity contribution < 1.29 is 30.0 Å². The number of carboxylic acid groups (broad SMARTS) is 1. The van der Waals surface area contributed by atoms with E-state index in [1.807, 2.05) is 0 Å². The molecule has 1 aliphatic rings. The van der Waals surface area contributed by atoms with Crippen LogP contribution in [-0.2, 0) is 4.74 Å². The van der Waals surface area contributed by atoms with Crippen LogP contribution in [0.15, 0.2) is 29.2 Å². The van der Waals surface area contributed by atoms with Gasteiger partial charge in [0.15, 0.2) is 0 Å². The second kappa shape index (κ2) is 7.77. The van der Waals surface area contributed by atoms with Crippen LogP contribution < -0.4 is 0 Å². The first-order chi connectivity index (χ1) is 8.99. The zero-order valence-corrected chi connectivity index (χ0v) is 10.7. The summed E-state index contributed by atoms with van der Waals surface area (Å²) < 4.78 is 5.24. The maximum absolute atomic E-state index is 10.7. The van der Waals surface area contributed by atoms with Gasteiger partial charge in [-0.05, 0) is 24.3 Å². The zero-order valence-electron chi connectivity index (χ0n) is 9.84. The zero-order chi connectivity index (χ0) is 14.0. The van der Waals surface area contributed by atoms with Crippen molar-refractivity contribution >= 4 is 47.3 Å². The quantitative estimate of drug-likeness (QED) is 0.545. The fourth-order valence-electron chi connectivity index (χ4n) is 1.69. The molecule has 0 bridgehead atoms. The first-order valence-electron chi connectivity index (χ1n) is 5.65. The van der Waals surface area contributed by atoms with Crippen molar-refractivity contribution in [2.75, 3.05) is 6.61 Å². The van der Waals surface area contributed by atoms with Gasteiger partial charge < -0.3 is 25.2 Å². The van der Waals surface area contributed by atoms with Crippen molar-refractivity contribution in [2.45, 2.75) is 28.6 Å². The molecule has 2 rings (SSSR count). The van der Waals surface area contributed by atoms with Crippen LogP contribution in [0.5, 0.6) is 0 Å². The third-order valence-corrected chi connectivity index (χ3v) is 4.00. The molecule has 0 aliphatic carbocycles. The molecule has 1 heterocycles. The van der Waals surface area contributed by atoms with Gasteiger partial charge in [-0.25, -0.2) is 4.79 Å². The second-order valence-corrected chi connectivity index (χ2v) is 5.37. The van der Waals surface area contributed by atoms with Crippen LogP contribution in [0.3, 0.4) is 0 Å². The van der Waals surface area contributed by atoms with Gasteiger partial charge in [0.25, 0.3) is 0 Å². The first-order valence-corrected chi connectivity index (χ1v) is 6.53. The van der Waals surface area contributed by atoms with E-state index < -0.39 is 29.7 Å². The van der Waals surface area contributed by atoms with E-state index in [1.54, 1.807) is 12.1 Å². The topological polar surface area (TPSA) is 107 Å². The summed E-state index contributed by atoms with van der Waals surface area (Å²) >= 11 is 1.16. The summed E-state index contributed by atoms with van der Waals surface area (Å²) in [7, 11) is 0. The number of carboxylic acids is 1. The molecule has 0 saturated carbocycles. The number of aliphatic hydroxyl groups is 3. The Kier molecular flexibility index (Phi) is 6.96. The Balaban J connectivity index is 0.00000200. The van der Waals surface area contributed by atoms with Crippen molar-refractivity contribution in [2.24, 2.45) is 0 Å². The number of thioether (sulfide) groups is 1. The molecule has 8 heteroatoms. The molecule has 0 radical (unpaired) electrons. The normalized spacial score (nSPS) is 29.6. The molecule has 20 heavy (non-hydrogen) atoms. The molecule has 106 valence electrons. The van der Waals surface area contributed by atoms with Crippen molar-refractivity contribution in [1.82, 2.24) is 0 Å². The molecule has 0 unspecified atom stereocenters. The van der Waals surface area contributed by atoms with E-state index in [-0.39, 0.29) is 41.7 Å². The van der Waals surface area contributed by atoms with Gasteiger partial charge in [-0.3, -0.25) is 0 Å². The summed E-state index contributed by atoms with van der Waals surface area (Å²) in [6.45, 7) is -0.0525. The van der Waals surface area contributed by atoms with Gasteiger partial charge >= 0.3 is 35.5 Å².